The van der Waals surface area contributed by atoms with Crippen molar-refractivity contribution < 1.29 is 30.0 Å². The van der Waals surface area contributed by atoms with Gasteiger partial charge in [0.1, 0.15) is 0 Å². The van der Waals surface area contributed by atoms with Crippen LogP contribution in [0.15, 0.2) is 73.3 Å². The molecule has 4 N–H and O–H groups in total. The highest BCUT2D eigenvalue weighted by molar-refractivity contribution is 5.87. The maximum absolute atomic E-state index is 10.2. The van der Waals surface area contributed by atoms with Gasteiger partial charge in [-0.15, -0.1) is 6.58 Å². The lowest BCUT2D eigenvalue weighted by atomic mass is 10.0. The van der Waals surface area contributed by atoms with Crippen molar-refractivity contribution in [3.05, 3.63) is 84.4 Å². The molecule has 0 amide bonds. The van der Waals surface area contributed by atoms with Gasteiger partial charge < -0.3 is 20.4 Å². The molecule has 0 fully saturated rings. The minimum atomic E-state index is -0.879. The topological polar surface area (TPSA) is 115 Å². The van der Waals surface area contributed by atoms with Crippen LogP contribution in [0.25, 0.3) is 0 Å². The third-order valence-electron chi connectivity index (χ3n) is 4.63. The van der Waals surface area contributed by atoms with Crippen molar-refractivity contribution in [2.45, 2.75) is 78.4 Å². The predicted molar refractivity (Wildman–Crippen MR) is 143 cm³/mol. The SMILES string of the molecule is C=CCC(C)CCC.CCCC(O)CC(C)O.O=C(O)c1ccccc1.O=C(O)c1ccccc1. The van der Waals surface area contributed by atoms with E-state index in [9.17, 15) is 9.59 Å². The van der Waals surface area contributed by atoms with E-state index in [-0.39, 0.29) is 12.2 Å². The summed E-state index contributed by atoms with van der Waals surface area (Å²) in [7, 11) is 0. The second-order valence-electron chi connectivity index (χ2n) is 8.29. The molecule has 0 heterocycles. The van der Waals surface area contributed by atoms with Crippen LogP contribution in [0, 0.1) is 5.92 Å². The summed E-state index contributed by atoms with van der Waals surface area (Å²) in [6, 6.07) is 16.6. The van der Waals surface area contributed by atoms with Crippen LogP contribution in [0.4, 0.5) is 0 Å². The first kappa shape index (κ1) is 34.2. The second kappa shape index (κ2) is 22.8. The molecule has 0 radical (unpaired) electrons. The van der Waals surface area contributed by atoms with Gasteiger partial charge in [-0.1, -0.05) is 82.5 Å². The fourth-order valence-corrected chi connectivity index (χ4v) is 2.90. The fraction of sp³-hybridized carbons (Fsp3) is 0.448. The van der Waals surface area contributed by atoms with E-state index < -0.39 is 11.9 Å². The minimum Gasteiger partial charge on any atom is -0.478 e. The molecule has 35 heavy (non-hydrogen) atoms. The summed E-state index contributed by atoms with van der Waals surface area (Å²) in [4.78, 5) is 20.4. The van der Waals surface area contributed by atoms with Gasteiger partial charge in [-0.25, -0.2) is 9.59 Å². The number of carboxylic acids is 2. The van der Waals surface area contributed by atoms with E-state index in [4.69, 9.17) is 20.4 Å². The molecule has 0 aromatic heterocycles. The number of allylic oxidation sites excluding steroid dienone is 1. The third kappa shape index (κ3) is 22.6. The van der Waals surface area contributed by atoms with Gasteiger partial charge in [-0.3, -0.25) is 0 Å². The predicted octanol–water partition coefficient (Wildman–Crippen LogP) is 6.69. The zero-order chi connectivity index (χ0) is 27.1. The highest BCUT2D eigenvalue weighted by Crippen LogP contribution is 2.08. The Labute approximate surface area is 211 Å². The first-order valence-electron chi connectivity index (χ1n) is 12.1. The lowest BCUT2D eigenvalue weighted by Crippen LogP contribution is -2.13. The monoisotopic (exact) mass is 488 g/mol. The molecule has 2 rings (SSSR count). The first-order chi connectivity index (χ1) is 16.6. The van der Waals surface area contributed by atoms with Crippen LogP contribution in [0.3, 0.4) is 0 Å². The number of hydrogen-bond donors (Lipinski definition) is 4. The summed E-state index contributed by atoms with van der Waals surface area (Å²) in [6.45, 7) is 11.9. The molecule has 0 aliphatic carbocycles. The van der Waals surface area contributed by atoms with E-state index in [0.717, 1.165) is 18.8 Å². The molecule has 0 saturated carbocycles. The van der Waals surface area contributed by atoms with E-state index in [2.05, 4.69) is 20.4 Å². The Bertz CT molecular complexity index is 725. The average Bonchev–Trinajstić information content (AvgIpc) is 2.81. The van der Waals surface area contributed by atoms with Gasteiger partial charge in [0, 0.05) is 0 Å². The van der Waals surface area contributed by atoms with Gasteiger partial charge in [0.25, 0.3) is 0 Å². The first-order valence-corrected chi connectivity index (χ1v) is 12.1. The van der Waals surface area contributed by atoms with Crippen molar-refractivity contribution in [2.75, 3.05) is 0 Å². The molecule has 3 unspecified atom stereocenters. The Morgan fingerprint density at radius 1 is 0.800 bits per heavy atom. The van der Waals surface area contributed by atoms with Crippen molar-refractivity contribution in [3.63, 3.8) is 0 Å². The molecule has 0 aliphatic heterocycles. The number of rotatable bonds is 10. The molecule has 0 saturated heterocycles. The highest BCUT2D eigenvalue weighted by Gasteiger charge is 2.05. The van der Waals surface area contributed by atoms with Crippen LogP contribution in [0.1, 0.15) is 86.9 Å². The van der Waals surface area contributed by atoms with E-state index >= 15 is 0 Å². The molecule has 0 spiro atoms. The van der Waals surface area contributed by atoms with E-state index in [1.165, 1.54) is 19.3 Å². The summed E-state index contributed by atoms with van der Waals surface area (Å²) in [5.74, 6) is -0.913. The number of aliphatic hydroxyl groups excluding tert-OH is 2. The zero-order valence-electron chi connectivity index (χ0n) is 21.6. The van der Waals surface area contributed by atoms with Crippen LogP contribution in [-0.2, 0) is 0 Å². The van der Waals surface area contributed by atoms with Crippen molar-refractivity contribution in [1.29, 1.82) is 0 Å². The lowest BCUT2D eigenvalue weighted by molar-refractivity contribution is 0.0686. The summed E-state index contributed by atoms with van der Waals surface area (Å²) in [6.07, 6.45) is 7.42. The number of hydrogen-bond acceptors (Lipinski definition) is 4. The maximum Gasteiger partial charge on any atom is 0.335 e. The highest BCUT2D eigenvalue weighted by atomic mass is 16.4. The van der Waals surface area contributed by atoms with Crippen LogP contribution in [0.2, 0.25) is 0 Å². The van der Waals surface area contributed by atoms with Crippen molar-refractivity contribution in [1.82, 2.24) is 0 Å². The molecule has 6 nitrogen and oxygen atoms in total. The number of carboxylic acid groups (broad SMARTS) is 2. The van der Waals surface area contributed by atoms with Crippen LogP contribution in [0.5, 0.6) is 0 Å². The van der Waals surface area contributed by atoms with Crippen molar-refractivity contribution >= 4 is 11.9 Å². The van der Waals surface area contributed by atoms with Gasteiger partial charge >= 0.3 is 11.9 Å². The molecule has 3 atom stereocenters. The normalized spacial score (nSPS) is 12.1. The van der Waals surface area contributed by atoms with Crippen LogP contribution >= 0.6 is 0 Å². The minimum absolute atomic E-state index is 0.310. The molecule has 6 heteroatoms. The molecular formula is C29H44O6. The Morgan fingerprint density at radius 2 is 1.20 bits per heavy atom. The molecular weight excluding hydrogens is 444 g/mol. The molecule has 0 aliphatic rings. The molecule has 2 aromatic carbocycles. The number of aliphatic hydroxyl groups is 2. The van der Waals surface area contributed by atoms with Crippen LogP contribution in [-0.4, -0.2) is 44.6 Å². The van der Waals surface area contributed by atoms with Crippen LogP contribution < -0.4 is 0 Å². The standard InChI is InChI=1S/C8H16.2C7H6O2.C7H16O2/c1-4-6-8(3)7-5-2;2*8-7(9)6-4-2-1-3-5-6;1-3-4-7(9)5-6(2)8/h4,8H,1,5-7H2,2-3H3;2*1-5H,(H,8,9);6-9H,3-5H2,1-2H3. The van der Waals surface area contributed by atoms with Gasteiger partial charge in [0.2, 0.25) is 0 Å². The van der Waals surface area contributed by atoms with Gasteiger partial charge in [0.15, 0.2) is 0 Å². The van der Waals surface area contributed by atoms with E-state index in [1.807, 2.05) is 13.0 Å². The zero-order valence-corrected chi connectivity index (χ0v) is 21.6. The van der Waals surface area contributed by atoms with E-state index in [0.29, 0.717) is 17.5 Å². The fourth-order valence-electron chi connectivity index (χ4n) is 2.90. The summed E-state index contributed by atoms with van der Waals surface area (Å²) < 4.78 is 0. The smallest absolute Gasteiger partial charge is 0.335 e. The Hall–Kier alpha value is -2.96. The Morgan fingerprint density at radius 3 is 1.46 bits per heavy atom. The third-order valence-corrected chi connectivity index (χ3v) is 4.63. The number of aromatic carboxylic acids is 2. The van der Waals surface area contributed by atoms with Crippen molar-refractivity contribution in [3.8, 4) is 0 Å². The second-order valence-corrected chi connectivity index (χ2v) is 8.29. The molecule has 2 aromatic rings. The van der Waals surface area contributed by atoms with Gasteiger partial charge in [-0.05, 0) is 56.4 Å². The quantitative estimate of drug-likeness (QED) is 0.277. The Balaban J connectivity index is 0. The maximum atomic E-state index is 10.2. The molecule has 196 valence electrons. The average molecular weight is 489 g/mol. The van der Waals surface area contributed by atoms with Gasteiger partial charge in [0.05, 0.1) is 23.3 Å². The summed E-state index contributed by atoms with van der Waals surface area (Å²) in [5.41, 5.74) is 0.662. The van der Waals surface area contributed by atoms with E-state index in [1.54, 1.807) is 67.6 Å². The summed E-state index contributed by atoms with van der Waals surface area (Å²) in [5, 5.41) is 34.6. The molecule has 0 bridgehead atoms. The number of carbonyl (C=O) groups is 2. The van der Waals surface area contributed by atoms with Crippen molar-refractivity contribution in [2.24, 2.45) is 5.92 Å². The Kier molecular flexibility index (Phi) is 22.3. The lowest BCUT2D eigenvalue weighted by Gasteiger charge is -2.09. The van der Waals surface area contributed by atoms with Gasteiger partial charge in [-0.2, -0.15) is 0 Å². The summed E-state index contributed by atoms with van der Waals surface area (Å²) >= 11 is 0. The number of benzene rings is 2. The largest absolute Gasteiger partial charge is 0.478 e.